The fourth-order valence-corrected chi connectivity index (χ4v) is 5.07. The largest absolute Gasteiger partial charge is 0.340 e. The maximum absolute atomic E-state index is 14.1. The zero-order chi connectivity index (χ0) is 20.8. The van der Waals surface area contributed by atoms with Gasteiger partial charge >= 0.3 is 0 Å². The molecular weight excluding hydrogens is 367 g/mol. The Morgan fingerprint density at radius 3 is 2.66 bits per heavy atom. The van der Waals surface area contributed by atoms with Gasteiger partial charge in [-0.05, 0) is 83.3 Å². The van der Waals surface area contributed by atoms with Crippen LogP contribution in [0, 0.1) is 25.1 Å². The fraction of sp³-hybridized carbons (Fsp3) is 0.565. The van der Waals surface area contributed by atoms with Gasteiger partial charge in [0.15, 0.2) is 0 Å². The van der Waals surface area contributed by atoms with E-state index in [1.54, 1.807) is 6.07 Å². The van der Waals surface area contributed by atoms with E-state index in [0.29, 0.717) is 12.5 Å². The van der Waals surface area contributed by atoms with Gasteiger partial charge in [0.25, 0.3) is 0 Å². The van der Waals surface area contributed by atoms with Crippen molar-refractivity contribution in [3.8, 4) is 5.69 Å². The van der Waals surface area contributed by atoms with Crippen LogP contribution in [0.5, 0.6) is 0 Å². The number of aryl methyl sites for hydroxylation is 2. The van der Waals surface area contributed by atoms with Crippen molar-refractivity contribution in [3.05, 3.63) is 47.0 Å². The van der Waals surface area contributed by atoms with E-state index < -0.39 is 0 Å². The van der Waals surface area contributed by atoms with Crippen LogP contribution in [0.15, 0.2) is 24.3 Å². The molecule has 29 heavy (non-hydrogen) atoms. The molecule has 1 atom stereocenters. The van der Waals surface area contributed by atoms with Gasteiger partial charge in [0.05, 0.1) is 16.8 Å². The molecule has 1 aromatic heterocycles. The van der Waals surface area contributed by atoms with Crippen LogP contribution >= 0.6 is 0 Å². The van der Waals surface area contributed by atoms with E-state index in [1.165, 1.54) is 6.07 Å². The number of halogens is 1. The average Bonchev–Trinajstić information content (AvgIpc) is 3.21. The number of carbonyl (C=O) groups is 1. The lowest BCUT2D eigenvalue weighted by Gasteiger charge is -2.41. The predicted molar refractivity (Wildman–Crippen MR) is 111 cm³/mol. The van der Waals surface area contributed by atoms with E-state index in [4.69, 9.17) is 0 Å². The van der Waals surface area contributed by atoms with Crippen molar-refractivity contribution < 1.29 is 9.18 Å². The first-order valence-electron chi connectivity index (χ1n) is 10.6. The Morgan fingerprint density at radius 2 is 1.97 bits per heavy atom. The number of amides is 1. The van der Waals surface area contributed by atoms with Crippen LogP contribution < -0.4 is 0 Å². The normalized spacial score (nSPS) is 23.0. The minimum Gasteiger partial charge on any atom is -0.340 e. The molecule has 2 aliphatic rings. The lowest BCUT2D eigenvalue weighted by molar-refractivity contribution is -0.147. The first kappa shape index (κ1) is 20.1. The molecule has 0 aliphatic carbocycles. The van der Waals surface area contributed by atoms with Crippen LogP contribution in [0.4, 0.5) is 4.39 Å². The third kappa shape index (κ3) is 3.70. The number of aromatic nitrogens is 2. The minimum absolute atomic E-state index is 0.237. The smallest absolute Gasteiger partial charge is 0.230 e. The monoisotopic (exact) mass is 398 g/mol. The summed E-state index contributed by atoms with van der Waals surface area (Å²) in [4.78, 5) is 17.6. The average molecular weight is 399 g/mol. The van der Waals surface area contributed by atoms with Crippen molar-refractivity contribution in [1.82, 2.24) is 19.6 Å². The quantitative estimate of drug-likeness (QED) is 0.786. The van der Waals surface area contributed by atoms with Crippen molar-refractivity contribution in [2.45, 2.75) is 59.5 Å². The van der Waals surface area contributed by atoms with Crippen LogP contribution in [-0.2, 0) is 11.3 Å². The SMILES string of the molecule is Cc1cc(C)n(-c2ccc(F)cc2CN2CCC3(CCCN(C(C)C)C3=O)C2)n1. The van der Waals surface area contributed by atoms with Crippen LogP contribution in [0.3, 0.4) is 0 Å². The standard InChI is InChI=1S/C23H31FN4O/c1-16(2)27-10-5-8-23(22(27)29)9-11-26(15-23)14-19-13-20(24)6-7-21(19)28-18(4)12-17(3)25-28/h6-7,12-13,16H,5,8-11,14-15H2,1-4H3. The molecule has 0 saturated carbocycles. The van der Waals surface area contributed by atoms with Gasteiger partial charge in [0.1, 0.15) is 5.82 Å². The van der Waals surface area contributed by atoms with Gasteiger partial charge in [-0.2, -0.15) is 5.10 Å². The maximum Gasteiger partial charge on any atom is 0.230 e. The van der Waals surface area contributed by atoms with Gasteiger partial charge in [-0.3, -0.25) is 9.69 Å². The first-order valence-corrected chi connectivity index (χ1v) is 10.6. The Kier molecular flexibility index (Phi) is 5.23. The van der Waals surface area contributed by atoms with Crippen molar-refractivity contribution >= 4 is 5.91 Å². The molecule has 2 fully saturated rings. The van der Waals surface area contributed by atoms with Crippen molar-refractivity contribution in [3.63, 3.8) is 0 Å². The molecule has 0 N–H and O–H groups in total. The zero-order valence-corrected chi connectivity index (χ0v) is 17.9. The Labute approximate surface area is 172 Å². The van der Waals surface area contributed by atoms with E-state index in [2.05, 4.69) is 23.8 Å². The number of hydrogen-bond donors (Lipinski definition) is 0. The summed E-state index contributed by atoms with van der Waals surface area (Å²) in [6, 6.07) is 7.18. The second kappa shape index (κ2) is 7.56. The summed E-state index contributed by atoms with van der Waals surface area (Å²) in [6.07, 6.45) is 2.91. The molecule has 2 saturated heterocycles. The van der Waals surface area contributed by atoms with E-state index in [9.17, 15) is 9.18 Å². The van der Waals surface area contributed by atoms with E-state index in [0.717, 1.165) is 61.5 Å². The molecule has 4 rings (SSSR count). The second-order valence-corrected chi connectivity index (χ2v) is 9.05. The summed E-state index contributed by atoms with van der Waals surface area (Å²) in [6.45, 7) is 11.3. The highest BCUT2D eigenvalue weighted by Crippen LogP contribution is 2.41. The number of carbonyl (C=O) groups excluding carboxylic acids is 1. The summed E-state index contributed by atoms with van der Waals surface area (Å²) in [5, 5.41) is 4.59. The Hall–Kier alpha value is -2.21. The second-order valence-electron chi connectivity index (χ2n) is 9.05. The summed E-state index contributed by atoms with van der Waals surface area (Å²) in [7, 11) is 0. The van der Waals surface area contributed by atoms with Gasteiger partial charge in [-0.25, -0.2) is 9.07 Å². The molecule has 1 unspecified atom stereocenters. The Balaban J connectivity index is 1.57. The topological polar surface area (TPSA) is 41.4 Å². The summed E-state index contributed by atoms with van der Waals surface area (Å²) in [5.41, 5.74) is 3.53. The summed E-state index contributed by atoms with van der Waals surface area (Å²) in [5.74, 6) is 0.0678. The number of piperidine rings is 1. The number of likely N-dealkylation sites (tertiary alicyclic amines) is 2. The van der Waals surface area contributed by atoms with E-state index in [-0.39, 0.29) is 17.3 Å². The molecule has 1 spiro atoms. The summed E-state index contributed by atoms with van der Waals surface area (Å²) < 4.78 is 16.0. The van der Waals surface area contributed by atoms with Gasteiger partial charge in [0.2, 0.25) is 5.91 Å². The van der Waals surface area contributed by atoms with Crippen molar-refractivity contribution in [2.24, 2.45) is 5.41 Å². The van der Waals surface area contributed by atoms with E-state index >= 15 is 0 Å². The first-order chi connectivity index (χ1) is 13.8. The number of benzene rings is 1. The number of rotatable bonds is 4. The fourth-order valence-electron chi connectivity index (χ4n) is 5.07. The van der Waals surface area contributed by atoms with Crippen molar-refractivity contribution in [1.29, 1.82) is 0 Å². The van der Waals surface area contributed by atoms with E-state index in [1.807, 2.05) is 35.6 Å². The van der Waals surface area contributed by atoms with Crippen LogP contribution in [0.2, 0.25) is 0 Å². The minimum atomic E-state index is -0.270. The number of nitrogens with zero attached hydrogens (tertiary/aromatic N) is 4. The molecule has 6 heteroatoms. The molecule has 2 aliphatic heterocycles. The summed E-state index contributed by atoms with van der Waals surface area (Å²) >= 11 is 0. The molecule has 5 nitrogen and oxygen atoms in total. The molecule has 1 amide bonds. The maximum atomic E-state index is 14.1. The van der Waals surface area contributed by atoms with Crippen LogP contribution in [0.25, 0.3) is 5.69 Å². The van der Waals surface area contributed by atoms with Gasteiger partial charge in [-0.1, -0.05) is 0 Å². The molecule has 0 bridgehead atoms. The van der Waals surface area contributed by atoms with Crippen LogP contribution in [0.1, 0.15) is 50.1 Å². The molecule has 0 radical (unpaired) electrons. The highest BCUT2D eigenvalue weighted by atomic mass is 19.1. The lowest BCUT2D eigenvalue weighted by Crippen LogP contribution is -2.52. The third-order valence-corrected chi connectivity index (χ3v) is 6.50. The third-order valence-electron chi connectivity index (χ3n) is 6.50. The van der Waals surface area contributed by atoms with Crippen LogP contribution in [-0.4, -0.2) is 51.2 Å². The Bertz CT molecular complexity index is 922. The molecule has 1 aromatic carbocycles. The van der Waals surface area contributed by atoms with Gasteiger partial charge < -0.3 is 4.90 Å². The zero-order valence-electron chi connectivity index (χ0n) is 17.9. The highest BCUT2D eigenvalue weighted by Gasteiger charge is 2.48. The molecule has 2 aromatic rings. The predicted octanol–water partition coefficient (Wildman–Crippen LogP) is 3.85. The Morgan fingerprint density at radius 1 is 1.17 bits per heavy atom. The molecule has 3 heterocycles. The number of hydrogen-bond acceptors (Lipinski definition) is 3. The molecule has 156 valence electrons. The van der Waals surface area contributed by atoms with Gasteiger partial charge in [-0.15, -0.1) is 0 Å². The lowest BCUT2D eigenvalue weighted by atomic mass is 9.78. The molecular formula is C23H31FN4O. The highest BCUT2D eigenvalue weighted by molar-refractivity contribution is 5.84. The van der Waals surface area contributed by atoms with Gasteiger partial charge in [0, 0.05) is 31.4 Å². The van der Waals surface area contributed by atoms with Crippen molar-refractivity contribution in [2.75, 3.05) is 19.6 Å².